The predicted octanol–water partition coefficient (Wildman–Crippen LogP) is 1.04. The number of nitrogens with zero attached hydrogens (tertiary/aromatic N) is 1. The van der Waals surface area contributed by atoms with E-state index in [1.54, 1.807) is 13.3 Å². The summed E-state index contributed by atoms with van der Waals surface area (Å²) in [6.45, 7) is 2.51. The molecule has 66 valence electrons. The lowest BCUT2D eigenvalue weighted by molar-refractivity contribution is 0.179. The number of aryl methyl sites for hydroxylation is 1. The lowest BCUT2D eigenvalue weighted by Gasteiger charge is -2.11. The normalized spacial score (nSPS) is 12.9. The van der Waals surface area contributed by atoms with Crippen molar-refractivity contribution in [1.82, 2.24) is 4.98 Å². The quantitative estimate of drug-likeness (QED) is 0.729. The van der Waals surface area contributed by atoms with Crippen molar-refractivity contribution in [3.05, 3.63) is 29.6 Å². The van der Waals surface area contributed by atoms with Crippen LogP contribution in [-0.2, 0) is 4.74 Å². The first-order valence-electron chi connectivity index (χ1n) is 3.91. The first kappa shape index (κ1) is 9.16. The fourth-order valence-electron chi connectivity index (χ4n) is 1.14. The molecule has 0 aliphatic carbocycles. The molecule has 3 heteroatoms. The Bertz CT molecular complexity index is 250. The summed E-state index contributed by atoms with van der Waals surface area (Å²) in [5.74, 6) is 0. The zero-order valence-electron chi connectivity index (χ0n) is 7.45. The molecule has 0 amide bonds. The smallest absolute Gasteiger partial charge is 0.0710 e. The van der Waals surface area contributed by atoms with Crippen molar-refractivity contribution in [2.75, 3.05) is 13.7 Å². The fraction of sp³-hybridized carbons (Fsp3) is 0.444. The van der Waals surface area contributed by atoms with E-state index in [0.717, 1.165) is 11.3 Å². The minimum atomic E-state index is -0.115. The van der Waals surface area contributed by atoms with Crippen LogP contribution in [0.1, 0.15) is 17.3 Å². The number of hydrogen-bond acceptors (Lipinski definition) is 3. The highest BCUT2D eigenvalue weighted by atomic mass is 16.5. The molecule has 2 N–H and O–H groups in total. The van der Waals surface area contributed by atoms with E-state index in [1.807, 2.05) is 19.1 Å². The molecule has 1 rings (SSSR count). The van der Waals surface area contributed by atoms with Crippen LogP contribution in [0.2, 0.25) is 0 Å². The number of rotatable bonds is 3. The van der Waals surface area contributed by atoms with Crippen LogP contribution in [0.4, 0.5) is 0 Å². The third-order valence-corrected chi connectivity index (χ3v) is 1.75. The lowest BCUT2D eigenvalue weighted by atomic mass is 10.1. The minimum Gasteiger partial charge on any atom is -0.383 e. The van der Waals surface area contributed by atoms with Gasteiger partial charge in [0.1, 0.15) is 0 Å². The van der Waals surface area contributed by atoms with Crippen molar-refractivity contribution >= 4 is 0 Å². The Hall–Kier alpha value is -0.930. The van der Waals surface area contributed by atoms with Gasteiger partial charge in [0.05, 0.1) is 18.3 Å². The number of nitrogens with two attached hydrogens (primary N) is 1. The Morgan fingerprint density at radius 3 is 3.00 bits per heavy atom. The second-order valence-electron chi connectivity index (χ2n) is 2.77. The first-order chi connectivity index (χ1) is 5.75. The average Bonchev–Trinajstić information content (AvgIpc) is 2.05. The van der Waals surface area contributed by atoms with Crippen LogP contribution in [-0.4, -0.2) is 18.7 Å². The molecule has 0 aliphatic rings. The summed E-state index contributed by atoms with van der Waals surface area (Å²) in [5.41, 5.74) is 7.85. The molecule has 0 saturated heterocycles. The van der Waals surface area contributed by atoms with Gasteiger partial charge in [0.15, 0.2) is 0 Å². The van der Waals surface area contributed by atoms with Crippen molar-refractivity contribution in [3.63, 3.8) is 0 Å². The number of ether oxygens (including phenoxy) is 1. The molecule has 0 aliphatic heterocycles. The maximum Gasteiger partial charge on any atom is 0.0710 e. The topological polar surface area (TPSA) is 48.1 Å². The van der Waals surface area contributed by atoms with Gasteiger partial charge in [0.2, 0.25) is 0 Å². The zero-order chi connectivity index (χ0) is 8.97. The van der Waals surface area contributed by atoms with Gasteiger partial charge in [-0.2, -0.15) is 0 Å². The Balaban J connectivity index is 2.79. The summed E-state index contributed by atoms with van der Waals surface area (Å²) in [7, 11) is 1.64. The van der Waals surface area contributed by atoms with E-state index in [9.17, 15) is 0 Å². The van der Waals surface area contributed by atoms with Gasteiger partial charge in [-0.05, 0) is 18.6 Å². The van der Waals surface area contributed by atoms with Crippen LogP contribution in [0.25, 0.3) is 0 Å². The van der Waals surface area contributed by atoms with Crippen molar-refractivity contribution < 1.29 is 4.74 Å². The monoisotopic (exact) mass is 166 g/mol. The fourth-order valence-corrected chi connectivity index (χ4v) is 1.14. The summed E-state index contributed by atoms with van der Waals surface area (Å²) in [6, 6.07) is 3.78. The third-order valence-electron chi connectivity index (χ3n) is 1.75. The van der Waals surface area contributed by atoms with Crippen molar-refractivity contribution in [3.8, 4) is 0 Å². The van der Waals surface area contributed by atoms with Gasteiger partial charge in [-0.15, -0.1) is 0 Å². The van der Waals surface area contributed by atoms with E-state index in [1.165, 1.54) is 0 Å². The maximum absolute atomic E-state index is 5.82. The molecule has 0 bridgehead atoms. The van der Waals surface area contributed by atoms with Crippen molar-refractivity contribution in [2.45, 2.75) is 13.0 Å². The molecule has 3 nitrogen and oxygen atoms in total. The maximum atomic E-state index is 5.82. The van der Waals surface area contributed by atoms with Crippen LogP contribution in [0.15, 0.2) is 18.3 Å². The van der Waals surface area contributed by atoms with E-state index in [-0.39, 0.29) is 6.04 Å². The van der Waals surface area contributed by atoms with E-state index < -0.39 is 0 Å². The van der Waals surface area contributed by atoms with Gasteiger partial charge >= 0.3 is 0 Å². The number of hydrogen-bond donors (Lipinski definition) is 1. The van der Waals surface area contributed by atoms with Gasteiger partial charge in [-0.25, -0.2) is 0 Å². The largest absolute Gasteiger partial charge is 0.383 e. The van der Waals surface area contributed by atoms with Gasteiger partial charge in [-0.1, -0.05) is 6.07 Å². The summed E-state index contributed by atoms with van der Waals surface area (Å²) in [5, 5.41) is 0. The molecular formula is C9H14N2O. The Morgan fingerprint density at radius 2 is 2.42 bits per heavy atom. The molecule has 0 fully saturated rings. The summed E-state index contributed by atoms with van der Waals surface area (Å²) in [6.07, 6.45) is 1.75. The molecule has 1 heterocycles. The van der Waals surface area contributed by atoms with E-state index in [2.05, 4.69) is 4.98 Å². The van der Waals surface area contributed by atoms with Crippen LogP contribution >= 0.6 is 0 Å². The second kappa shape index (κ2) is 4.18. The van der Waals surface area contributed by atoms with Crippen molar-refractivity contribution in [2.24, 2.45) is 5.73 Å². The molecule has 1 atom stereocenters. The van der Waals surface area contributed by atoms with Crippen LogP contribution in [0.5, 0.6) is 0 Å². The first-order valence-corrected chi connectivity index (χ1v) is 3.91. The van der Waals surface area contributed by atoms with Crippen LogP contribution < -0.4 is 5.73 Å². The van der Waals surface area contributed by atoms with Crippen molar-refractivity contribution in [1.29, 1.82) is 0 Å². The SMILES string of the molecule is COCC(N)c1ncccc1C. The highest BCUT2D eigenvalue weighted by Gasteiger charge is 2.08. The Kier molecular flexibility index (Phi) is 3.19. The van der Waals surface area contributed by atoms with Gasteiger partial charge in [-0.3, -0.25) is 4.98 Å². The molecule has 0 saturated carbocycles. The summed E-state index contributed by atoms with van der Waals surface area (Å²) >= 11 is 0. The molecule has 0 radical (unpaired) electrons. The van der Waals surface area contributed by atoms with Crippen LogP contribution in [0.3, 0.4) is 0 Å². The molecule has 1 aromatic rings. The average molecular weight is 166 g/mol. The Morgan fingerprint density at radius 1 is 1.67 bits per heavy atom. The minimum absolute atomic E-state index is 0.115. The number of aromatic nitrogens is 1. The lowest BCUT2D eigenvalue weighted by Crippen LogP contribution is -2.18. The van der Waals surface area contributed by atoms with E-state index in [0.29, 0.717) is 6.61 Å². The summed E-state index contributed by atoms with van der Waals surface area (Å²) in [4.78, 5) is 4.19. The molecular weight excluding hydrogens is 152 g/mol. The highest BCUT2D eigenvalue weighted by molar-refractivity contribution is 5.20. The van der Waals surface area contributed by atoms with E-state index in [4.69, 9.17) is 10.5 Å². The molecule has 12 heavy (non-hydrogen) atoms. The molecule has 0 spiro atoms. The van der Waals surface area contributed by atoms with Gasteiger partial charge in [0.25, 0.3) is 0 Å². The molecule has 1 aromatic heterocycles. The highest BCUT2D eigenvalue weighted by Crippen LogP contribution is 2.11. The predicted molar refractivity (Wildman–Crippen MR) is 47.8 cm³/mol. The van der Waals surface area contributed by atoms with E-state index >= 15 is 0 Å². The standard InChI is InChI=1S/C9H14N2O/c1-7-4-3-5-11-9(7)8(10)6-12-2/h3-5,8H,6,10H2,1-2H3. The van der Waals surface area contributed by atoms with Gasteiger partial charge in [0, 0.05) is 13.3 Å². The van der Waals surface area contributed by atoms with Gasteiger partial charge < -0.3 is 10.5 Å². The Labute approximate surface area is 72.6 Å². The third kappa shape index (κ3) is 2.03. The number of methoxy groups -OCH3 is 1. The summed E-state index contributed by atoms with van der Waals surface area (Å²) < 4.78 is 4.95. The number of pyridine rings is 1. The van der Waals surface area contributed by atoms with Crippen LogP contribution in [0, 0.1) is 6.92 Å². The molecule has 0 aromatic carbocycles. The molecule has 1 unspecified atom stereocenters. The second-order valence-corrected chi connectivity index (χ2v) is 2.77. The zero-order valence-corrected chi connectivity index (χ0v) is 7.45.